The van der Waals surface area contributed by atoms with Gasteiger partial charge in [-0.1, -0.05) is 18.2 Å². The lowest BCUT2D eigenvalue weighted by atomic mass is 9.90. The quantitative estimate of drug-likeness (QED) is 0.899. The average molecular weight is 330 g/mol. The Morgan fingerprint density at radius 1 is 1.21 bits per heavy atom. The molecule has 6 heteroatoms. The van der Waals surface area contributed by atoms with Gasteiger partial charge in [-0.15, -0.1) is 0 Å². The van der Waals surface area contributed by atoms with Gasteiger partial charge < -0.3 is 15.2 Å². The number of pyridine rings is 1. The van der Waals surface area contributed by atoms with Crippen LogP contribution in [0.1, 0.15) is 33.3 Å². The number of hydrogen-bond acceptors (Lipinski definition) is 4. The molecule has 2 N–H and O–H groups in total. The van der Waals surface area contributed by atoms with E-state index in [4.69, 9.17) is 4.74 Å². The van der Waals surface area contributed by atoms with E-state index in [1.165, 1.54) is 6.92 Å². The maximum absolute atomic E-state index is 12.0. The van der Waals surface area contributed by atoms with Crippen molar-refractivity contribution < 1.29 is 19.4 Å². The van der Waals surface area contributed by atoms with Gasteiger partial charge in [0.05, 0.1) is 0 Å². The molecule has 0 radical (unpaired) electrons. The monoisotopic (exact) mass is 330 g/mol. The second-order valence-electron chi connectivity index (χ2n) is 6.95. The lowest BCUT2D eigenvalue weighted by Crippen LogP contribution is -2.54. The molecule has 1 amide bonds. The lowest BCUT2D eigenvalue weighted by Gasteiger charge is -2.29. The molecule has 2 aromatic rings. The molecular weight excluding hydrogens is 308 g/mol. The molecule has 1 aromatic carbocycles. The summed E-state index contributed by atoms with van der Waals surface area (Å²) < 4.78 is 5.19. The molecule has 2 rings (SSSR count). The van der Waals surface area contributed by atoms with E-state index in [1.807, 2.05) is 24.3 Å². The molecule has 24 heavy (non-hydrogen) atoms. The van der Waals surface area contributed by atoms with E-state index in [1.54, 1.807) is 33.2 Å². The number of hydrogen-bond donors (Lipinski definition) is 2. The minimum Gasteiger partial charge on any atom is -0.480 e. The van der Waals surface area contributed by atoms with Crippen LogP contribution in [0.25, 0.3) is 10.8 Å². The van der Waals surface area contributed by atoms with E-state index in [-0.39, 0.29) is 6.42 Å². The van der Waals surface area contributed by atoms with Gasteiger partial charge in [-0.3, -0.25) is 4.98 Å². The summed E-state index contributed by atoms with van der Waals surface area (Å²) in [7, 11) is 0. The number of carbonyl (C=O) groups is 2. The highest BCUT2D eigenvalue weighted by Gasteiger charge is 2.37. The number of nitrogens with one attached hydrogen (secondary N) is 1. The zero-order valence-electron chi connectivity index (χ0n) is 14.3. The highest BCUT2D eigenvalue weighted by atomic mass is 16.6. The van der Waals surface area contributed by atoms with Crippen LogP contribution in [-0.4, -0.2) is 33.3 Å². The second kappa shape index (κ2) is 6.47. The van der Waals surface area contributed by atoms with Crippen molar-refractivity contribution in [3.63, 3.8) is 0 Å². The van der Waals surface area contributed by atoms with Crippen LogP contribution in [0.15, 0.2) is 36.7 Å². The third-order valence-electron chi connectivity index (χ3n) is 3.56. The van der Waals surface area contributed by atoms with Gasteiger partial charge in [0, 0.05) is 24.2 Å². The van der Waals surface area contributed by atoms with Crippen LogP contribution in [0, 0.1) is 0 Å². The van der Waals surface area contributed by atoms with Gasteiger partial charge in [-0.05, 0) is 44.7 Å². The zero-order valence-corrected chi connectivity index (χ0v) is 14.3. The first kappa shape index (κ1) is 17.7. The molecule has 0 saturated heterocycles. The summed E-state index contributed by atoms with van der Waals surface area (Å²) in [5.41, 5.74) is -1.37. The van der Waals surface area contributed by atoms with E-state index >= 15 is 0 Å². The largest absolute Gasteiger partial charge is 0.480 e. The van der Waals surface area contributed by atoms with Gasteiger partial charge in [-0.2, -0.15) is 0 Å². The highest BCUT2D eigenvalue weighted by Crippen LogP contribution is 2.23. The van der Waals surface area contributed by atoms with Gasteiger partial charge in [0.25, 0.3) is 0 Å². The Bertz CT molecular complexity index is 762. The molecule has 128 valence electrons. The molecule has 1 atom stereocenters. The number of carbonyl (C=O) groups excluding carboxylic acids is 1. The number of amides is 1. The van der Waals surface area contributed by atoms with Crippen LogP contribution in [0.3, 0.4) is 0 Å². The third-order valence-corrected chi connectivity index (χ3v) is 3.56. The molecule has 6 nitrogen and oxygen atoms in total. The molecule has 0 aliphatic rings. The number of aliphatic carboxylic acids is 1. The van der Waals surface area contributed by atoms with Crippen molar-refractivity contribution >= 4 is 22.8 Å². The molecule has 0 saturated carbocycles. The van der Waals surface area contributed by atoms with Crippen molar-refractivity contribution in [1.82, 2.24) is 10.3 Å². The molecule has 0 aliphatic heterocycles. The van der Waals surface area contributed by atoms with Crippen molar-refractivity contribution in [2.24, 2.45) is 0 Å². The maximum Gasteiger partial charge on any atom is 0.408 e. The summed E-state index contributed by atoms with van der Waals surface area (Å²) in [5.74, 6) is -1.13. The molecular formula is C18H22N2O4. The topological polar surface area (TPSA) is 88.5 Å². The van der Waals surface area contributed by atoms with Crippen molar-refractivity contribution in [2.45, 2.75) is 45.3 Å². The molecule has 0 fully saturated rings. The summed E-state index contributed by atoms with van der Waals surface area (Å²) in [6.07, 6.45) is 2.75. The maximum atomic E-state index is 12.0. The van der Waals surface area contributed by atoms with Crippen LogP contribution in [0.4, 0.5) is 4.79 Å². The summed E-state index contributed by atoms with van der Waals surface area (Å²) >= 11 is 0. The number of carboxylic acid groups (broad SMARTS) is 1. The summed E-state index contributed by atoms with van der Waals surface area (Å²) in [5, 5.41) is 13.9. The number of carboxylic acids is 1. The van der Waals surface area contributed by atoms with Crippen molar-refractivity contribution in [3.05, 3.63) is 42.2 Å². The normalized spacial score (nSPS) is 14.0. The van der Waals surface area contributed by atoms with Crippen LogP contribution in [0.2, 0.25) is 0 Å². The van der Waals surface area contributed by atoms with E-state index < -0.39 is 23.2 Å². The number of nitrogens with zero attached hydrogens (tertiary/aromatic N) is 1. The Balaban J connectivity index is 2.30. The van der Waals surface area contributed by atoms with E-state index in [2.05, 4.69) is 10.3 Å². The molecule has 0 spiro atoms. The number of rotatable bonds is 4. The van der Waals surface area contributed by atoms with Crippen molar-refractivity contribution in [3.8, 4) is 0 Å². The fraction of sp³-hybridized carbons (Fsp3) is 0.389. The molecule has 0 bridgehead atoms. The van der Waals surface area contributed by atoms with Gasteiger partial charge in [0.15, 0.2) is 0 Å². The summed E-state index contributed by atoms with van der Waals surface area (Å²) in [4.78, 5) is 27.9. The van der Waals surface area contributed by atoms with Crippen LogP contribution >= 0.6 is 0 Å². The van der Waals surface area contributed by atoms with E-state index in [0.717, 1.165) is 16.3 Å². The SMILES string of the molecule is CC(C)(C)OC(=O)NC(C)(Cc1cccc2cnccc12)C(=O)O. The average Bonchev–Trinajstić information content (AvgIpc) is 2.45. The minimum atomic E-state index is -1.49. The van der Waals surface area contributed by atoms with Crippen LogP contribution < -0.4 is 5.32 Å². The fourth-order valence-corrected chi connectivity index (χ4v) is 2.43. The van der Waals surface area contributed by atoms with Gasteiger partial charge >= 0.3 is 12.1 Å². The number of ether oxygens (including phenoxy) is 1. The van der Waals surface area contributed by atoms with Crippen molar-refractivity contribution in [2.75, 3.05) is 0 Å². The third kappa shape index (κ3) is 4.22. The van der Waals surface area contributed by atoms with Crippen LogP contribution in [0.5, 0.6) is 0 Å². The Kier molecular flexibility index (Phi) is 4.78. The van der Waals surface area contributed by atoms with E-state index in [9.17, 15) is 14.7 Å². The predicted molar refractivity (Wildman–Crippen MR) is 90.9 cm³/mol. The van der Waals surface area contributed by atoms with Crippen LogP contribution in [-0.2, 0) is 16.0 Å². The first-order valence-electron chi connectivity index (χ1n) is 7.67. The Morgan fingerprint density at radius 2 is 1.92 bits per heavy atom. The minimum absolute atomic E-state index is 0.128. The molecule has 1 unspecified atom stereocenters. The summed E-state index contributed by atoms with van der Waals surface area (Å²) in [6.45, 7) is 6.65. The standard InChI is InChI=1S/C18H22N2O4/c1-17(2,3)24-16(23)20-18(4,15(21)22)10-12-6-5-7-13-11-19-9-8-14(12)13/h5-9,11H,10H2,1-4H3,(H,20,23)(H,21,22). The first-order chi connectivity index (χ1) is 11.1. The van der Waals surface area contributed by atoms with Gasteiger partial charge in [0.2, 0.25) is 0 Å². The van der Waals surface area contributed by atoms with Gasteiger partial charge in [-0.25, -0.2) is 9.59 Å². The lowest BCUT2D eigenvalue weighted by molar-refractivity contribution is -0.144. The Labute approximate surface area is 140 Å². The first-order valence-corrected chi connectivity index (χ1v) is 7.67. The molecule has 1 heterocycles. The van der Waals surface area contributed by atoms with Crippen molar-refractivity contribution in [1.29, 1.82) is 0 Å². The molecule has 1 aromatic heterocycles. The highest BCUT2D eigenvalue weighted by molar-refractivity contribution is 5.88. The van der Waals surface area contributed by atoms with E-state index in [0.29, 0.717) is 0 Å². The smallest absolute Gasteiger partial charge is 0.408 e. The number of benzene rings is 1. The van der Waals surface area contributed by atoms with Gasteiger partial charge in [0.1, 0.15) is 11.1 Å². The number of alkyl carbamates (subject to hydrolysis) is 1. The molecule has 0 aliphatic carbocycles. The zero-order chi connectivity index (χ0) is 18.0. The number of aromatic nitrogens is 1. The predicted octanol–water partition coefficient (Wildman–Crippen LogP) is 3.15. The Morgan fingerprint density at radius 3 is 2.54 bits per heavy atom. The Hall–Kier alpha value is -2.63. The summed E-state index contributed by atoms with van der Waals surface area (Å²) in [6, 6.07) is 7.43. The number of fused-ring (bicyclic) bond motifs is 1. The second-order valence-corrected chi connectivity index (χ2v) is 6.95. The fourth-order valence-electron chi connectivity index (χ4n) is 2.43.